The van der Waals surface area contributed by atoms with E-state index in [1.807, 2.05) is 18.2 Å². The van der Waals surface area contributed by atoms with Crippen molar-refractivity contribution in [2.24, 2.45) is 0 Å². The highest BCUT2D eigenvalue weighted by Gasteiger charge is 2.19. The summed E-state index contributed by atoms with van der Waals surface area (Å²) in [5.74, 6) is -0.475. The zero-order valence-corrected chi connectivity index (χ0v) is 9.77. The lowest BCUT2D eigenvalue weighted by Gasteiger charge is -2.13. The number of methoxy groups -OCH3 is 1. The minimum absolute atomic E-state index is 0.421. The van der Waals surface area contributed by atoms with Crippen LogP contribution in [0.2, 0.25) is 0 Å². The van der Waals surface area contributed by atoms with E-state index in [0.717, 1.165) is 18.4 Å². The molecule has 0 spiro atoms. The van der Waals surface area contributed by atoms with E-state index in [1.54, 1.807) is 13.2 Å². The molecule has 1 aromatic rings. The van der Waals surface area contributed by atoms with Crippen LogP contribution in [0.15, 0.2) is 24.3 Å². The SMILES string of the molecule is CCCCC(C(=O)O)c1cccc(OC)c1. The van der Waals surface area contributed by atoms with Crippen LogP contribution in [0.3, 0.4) is 0 Å². The number of unbranched alkanes of at least 4 members (excludes halogenated alkanes) is 1. The Morgan fingerprint density at radius 3 is 2.81 bits per heavy atom. The third-order valence-electron chi connectivity index (χ3n) is 2.64. The van der Waals surface area contributed by atoms with E-state index in [2.05, 4.69) is 6.92 Å². The van der Waals surface area contributed by atoms with Gasteiger partial charge in [0.2, 0.25) is 0 Å². The molecular weight excluding hydrogens is 204 g/mol. The quantitative estimate of drug-likeness (QED) is 0.804. The number of carboxylic acids is 1. The standard InChI is InChI=1S/C13H18O3/c1-3-4-8-12(13(14)15)10-6-5-7-11(9-10)16-2/h5-7,9,12H,3-4,8H2,1-2H3,(H,14,15). The first-order chi connectivity index (χ1) is 7.69. The van der Waals surface area contributed by atoms with Crippen LogP contribution in [0.5, 0.6) is 5.75 Å². The largest absolute Gasteiger partial charge is 0.497 e. The number of hydrogen-bond donors (Lipinski definition) is 1. The molecule has 1 atom stereocenters. The van der Waals surface area contributed by atoms with Gasteiger partial charge in [0.15, 0.2) is 0 Å². The van der Waals surface area contributed by atoms with Gasteiger partial charge in [0.05, 0.1) is 13.0 Å². The van der Waals surface area contributed by atoms with Gasteiger partial charge in [-0.1, -0.05) is 31.9 Å². The summed E-state index contributed by atoms with van der Waals surface area (Å²) in [6.45, 7) is 2.06. The van der Waals surface area contributed by atoms with Gasteiger partial charge in [-0.05, 0) is 24.1 Å². The average Bonchev–Trinajstić information content (AvgIpc) is 2.29. The number of ether oxygens (including phenoxy) is 1. The summed E-state index contributed by atoms with van der Waals surface area (Å²) in [6.07, 6.45) is 2.61. The third kappa shape index (κ3) is 3.26. The molecule has 0 aromatic heterocycles. The monoisotopic (exact) mass is 222 g/mol. The van der Waals surface area contributed by atoms with Crippen molar-refractivity contribution in [3.8, 4) is 5.75 Å². The molecule has 0 radical (unpaired) electrons. The van der Waals surface area contributed by atoms with Crippen LogP contribution in [-0.2, 0) is 4.79 Å². The summed E-state index contributed by atoms with van der Waals surface area (Å²) < 4.78 is 5.10. The Kier molecular flexibility index (Phi) is 4.83. The van der Waals surface area contributed by atoms with Gasteiger partial charge in [-0.2, -0.15) is 0 Å². The Morgan fingerprint density at radius 2 is 2.25 bits per heavy atom. The Balaban J connectivity index is 2.87. The molecule has 1 unspecified atom stereocenters. The van der Waals surface area contributed by atoms with Gasteiger partial charge in [0, 0.05) is 0 Å². The van der Waals surface area contributed by atoms with E-state index in [0.29, 0.717) is 12.2 Å². The van der Waals surface area contributed by atoms with Crippen molar-refractivity contribution in [3.63, 3.8) is 0 Å². The second-order valence-electron chi connectivity index (χ2n) is 3.81. The molecule has 1 N–H and O–H groups in total. The van der Waals surface area contributed by atoms with Crippen LogP contribution >= 0.6 is 0 Å². The molecule has 3 nitrogen and oxygen atoms in total. The molecule has 0 aliphatic heterocycles. The maximum absolute atomic E-state index is 11.2. The molecule has 0 saturated heterocycles. The molecule has 1 aromatic carbocycles. The number of carboxylic acid groups (broad SMARTS) is 1. The summed E-state index contributed by atoms with van der Waals surface area (Å²) in [4.78, 5) is 11.2. The molecular formula is C13H18O3. The van der Waals surface area contributed by atoms with Gasteiger partial charge in [-0.3, -0.25) is 4.79 Å². The predicted molar refractivity (Wildman–Crippen MR) is 62.9 cm³/mol. The second kappa shape index (κ2) is 6.16. The normalized spacial score (nSPS) is 12.1. The fourth-order valence-corrected chi connectivity index (χ4v) is 1.70. The van der Waals surface area contributed by atoms with Crippen LogP contribution < -0.4 is 4.74 Å². The minimum atomic E-state index is -0.762. The maximum atomic E-state index is 11.2. The van der Waals surface area contributed by atoms with Crippen molar-refractivity contribution in [2.75, 3.05) is 7.11 Å². The first-order valence-corrected chi connectivity index (χ1v) is 5.55. The smallest absolute Gasteiger partial charge is 0.310 e. The average molecular weight is 222 g/mol. The summed E-state index contributed by atoms with van der Waals surface area (Å²) >= 11 is 0. The predicted octanol–water partition coefficient (Wildman–Crippen LogP) is 3.05. The fourth-order valence-electron chi connectivity index (χ4n) is 1.70. The van der Waals surface area contributed by atoms with Gasteiger partial charge in [-0.25, -0.2) is 0 Å². The highest BCUT2D eigenvalue weighted by molar-refractivity contribution is 5.76. The van der Waals surface area contributed by atoms with Crippen LogP contribution in [-0.4, -0.2) is 18.2 Å². The molecule has 0 aliphatic carbocycles. The molecule has 3 heteroatoms. The van der Waals surface area contributed by atoms with Crippen LogP contribution in [0.25, 0.3) is 0 Å². The minimum Gasteiger partial charge on any atom is -0.497 e. The number of hydrogen-bond acceptors (Lipinski definition) is 2. The van der Waals surface area contributed by atoms with Crippen molar-refractivity contribution in [1.29, 1.82) is 0 Å². The summed E-state index contributed by atoms with van der Waals surface area (Å²) in [5.41, 5.74) is 0.820. The van der Waals surface area contributed by atoms with Crippen molar-refractivity contribution >= 4 is 5.97 Å². The van der Waals surface area contributed by atoms with Crippen LogP contribution in [0, 0.1) is 0 Å². The molecule has 0 heterocycles. The van der Waals surface area contributed by atoms with E-state index >= 15 is 0 Å². The summed E-state index contributed by atoms with van der Waals surface area (Å²) in [5, 5.41) is 9.18. The van der Waals surface area contributed by atoms with Crippen molar-refractivity contribution in [2.45, 2.75) is 32.1 Å². The molecule has 16 heavy (non-hydrogen) atoms. The van der Waals surface area contributed by atoms with Crippen molar-refractivity contribution in [3.05, 3.63) is 29.8 Å². The van der Waals surface area contributed by atoms with Gasteiger partial charge in [0.1, 0.15) is 5.75 Å². The fraction of sp³-hybridized carbons (Fsp3) is 0.462. The molecule has 1 rings (SSSR count). The van der Waals surface area contributed by atoms with Gasteiger partial charge in [0.25, 0.3) is 0 Å². The van der Waals surface area contributed by atoms with E-state index in [4.69, 9.17) is 4.74 Å². The van der Waals surface area contributed by atoms with Gasteiger partial charge >= 0.3 is 5.97 Å². The second-order valence-corrected chi connectivity index (χ2v) is 3.81. The Hall–Kier alpha value is -1.51. The zero-order chi connectivity index (χ0) is 12.0. The third-order valence-corrected chi connectivity index (χ3v) is 2.64. The summed E-state index contributed by atoms with van der Waals surface area (Å²) in [6, 6.07) is 7.30. The number of benzene rings is 1. The lowest BCUT2D eigenvalue weighted by atomic mass is 9.93. The number of aliphatic carboxylic acids is 1. The van der Waals surface area contributed by atoms with E-state index < -0.39 is 11.9 Å². The van der Waals surface area contributed by atoms with Gasteiger partial charge in [-0.15, -0.1) is 0 Å². The maximum Gasteiger partial charge on any atom is 0.310 e. The molecule has 0 aliphatic rings. The molecule has 0 saturated carbocycles. The zero-order valence-electron chi connectivity index (χ0n) is 9.77. The van der Waals surface area contributed by atoms with E-state index in [-0.39, 0.29) is 0 Å². The summed E-state index contributed by atoms with van der Waals surface area (Å²) in [7, 11) is 1.58. The first-order valence-electron chi connectivity index (χ1n) is 5.55. The van der Waals surface area contributed by atoms with E-state index in [1.165, 1.54) is 0 Å². The Bertz CT molecular complexity index is 347. The topological polar surface area (TPSA) is 46.5 Å². The van der Waals surface area contributed by atoms with Crippen LogP contribution in [0.1, 0.15) is 37.7 Å². The Labute approximate surface area is 96.1 Å². The lowest BCUT2D eigenvalue weighted by molar-refractivity contribution is -0.139. The number of rotatable bonds is 6. The highest BCUT2D eigenvalue weighted by Crippen LogP contribution is 2.25. The highest BCUT2D eigenvalue weighted by atomic mass is 16.5. The molecule has 88 valence electrons. The lowest BCUT2D eigenvalue weighted by Crippen LogP contribution is -2.11. The van der Waals surface area contributed by atoms with Gasteiger partial charge < -0.3 is 9.84 Å². The molecule has 0 amide bonds. The first kappa shape index (κ1) is 12.6. The molecule has 0 fully saturated rings. The van der Waals surface area contributed by atoms with E-state index in [9.17, 15) is 9.90 Å². The van der Waals surface area contributed by atoms with Crippen LogP contribution in [0.4, 0.5) is 0 Å². The molecule has 0 bridgehead atoms. The van der Waals surface area contributed by atoms with Crippen molar-refractivity contribution in [1.82, 2.24) is 0 Å². The number of carbonyl (C=O) groups is 1. The Morgan fingerprint density at radius 1 is 1.50 bits per heavy atom. The van der Waals surface area contributed by atoms with Crippen molar-refractivity contribution < 1.29 is 14.6 Å².